The van der Waals surface area contributed by atoms with Gasteiger partial charge in [0, 0.05) is 17.1 Å². The molecule has 130 valence electrons. The van der Waals surface area contributed by atoms with Gasteiger partial charge in [-0.25, -0.2) is 9.78 Å². The molecule has 1 unspecified atom stereocenters. The van der Waals surface area contributed by atoms with Crippen molar-refractivity contribution in [2.45, 2.75) is 19.9 Å². The first-order chi connectivity index (χ1) is 12.0. The molecule has 3 rings (SSSR count). The Kier molecular flexibility index (Phi) is 5.42. The first-order valence-corrected chi connectivity index (χ1v) is 9.25. The molecule has 2 aromatic heterocycles. The summed E-state index contributed by atoms with van der Waals surface area (Å²) in [7, 11) is 0. The van der Waals surface area contributed by atoms with E-state index in [1.165, 1.54) is 17.5 Å². The average molecular weight is 396 g/mol. The Hall–Kier alpha value is -1.89. The molecule has 0 saturated carbocycles. The zero-order valence-electron chi connectivity index (χ0n) is 13.6. The van der Waals surface area contributed by atoms with Crippen molar-refractivity contribution in [3.63, 3.8) is 0 Å². The number of esters is 1. The van der Waals surface area contributed by atoms with Gasteiger partial charge in [0.2, 0.25) is 0 Å². The molecule has 0 aliphatic carbocycles. The zero-order chi connectivity index (χ0) is 18.0. The van der Waals surface area contributed by atoms with Crippen LogP contribution >= 0.6 is 34.5 Å². The van der Waals surface area contributed by atoms with Gasteiger partial charge in [0.1, 0.15) is 11.0 Å². The summed E-state index contributed by atoms with van der Waals surface area (Å²) in [5.41, 5.74) is 2.15. The van der Waals surface area contributed by atoms with Crippen LogP contribution in [0.25, 0.3) is 11.3 Å². The second-order valence-electron chi connectivity index (χ2n) is 5.31. The predicted molar refractivity (Wildman–Crippen MR) is 99.6 cm³/mol. The van der Waals surface area contributed by atoms with E-state index >= 15 is 0 Å². The van der Waals surface area contributed by atoms with Crippen LogP contribution in [-0.4, -0.2) is 27.3 Å². The van der Waals surface area contributed by atoms with E-state index in [9.17, 15) is 4.79 Å². The zero-order valence-corrected chi connectivity index (χ0v) is 15.9. The number of ether oxygens (including phenoxy) is 1. The van der Waals surface area contributed by atoms with E-state index in [-0.39, 0.29) is 12.0 Å². The Labute approximate surface area is 159 Å². The van der Waals surface area contributed by atoms with Crippen molar-refractivity contribution in [3.8, 4) is 11.3 Å². The van der Waals surface area contributed by atoms with E-state index in [1.54, 1.807) is 29.9 Å². The van der Waals surface area contributed by atoms with Gasteiger partial charge in [0.15, 0.2) is 0 Å². The van der Waals surface area contributed by atoms with Crippen molar-refractivity contribution < 1.29 is 9.53 Å². The van der Waals surface area contributed by atoms with Gasteiger partial charge in [-0.3, -0.25) is 4.68 Å². The molecule has 8 heteroatoms. The highest BCUT2D eigenvalue weighted by Gasteiger charge is 2.17. The van der Waals surface area contributed by atoms with Gasteiger partial charge in [-0.1, -0.05) is 29.3 Å². The first-order valence-electron chi connectivity index (χ1n) is 7.61. The van der Waals surface area contributed by atoms with Crippen LogP contribution in [0, 0.1) is 0 Å². The number of nitrogens with zero attached hydrogens (tertiary/aromatic N) is 3. The maximum Gasteiger partial charge on any atom is 0.341 e. The molecule has 3 aromatic rings. The Morgan fingerprint density at radius 3 is 2.88 bits per heavy atom. The van der Waals surface area contributed by atoms with E-state index in [0.29, 0.717) is 22.2 Å². The van der Waals surface area contributed by atoms with Crippen LogP contribution in [0.2, 0.25) is 10.0 Å². The standard InChI is InChI=1S/C17H15Cl2N3O2S/c1-3-24-17(23)12-7-20-22(8-12)10(2)16-21-15(9-25-16)11-4-5-13(18)14(19)6-11/h4-10H,3H2,1-2H3. The molecule has 0 bridgehead atoms. The Morgan fingerprint density at radius 1 is 1.36 bits per heavy atom. The molecule has 1 atom stereocenters. The minimum Gasteiger partial charge on any atom is -0.462 e. The summed E-state index contributed by atoms with van der Waals surface area (Å²) in [6.07, 6.45) is 3.17. The third kappa shape index (κ3) is 3.86. The molecule has 0 fully saturated rings. The van der Waals surface area contributed by atoms with Crippen LogP contribution in [0.5, 0.6) is 0 Å². The summed E-state index contributed by atoms with van der Waals surface area (Å²) >= 11 is 13.5. The van der Waals surface area contributed by atoms with Gasteiger partial charge in [0.25, 0.3) is 0 Å². The lowest BCUT2D eigenvalue weighted by atomic mass is 10.2. The van der Waals surface area contributed by atoms with Gasteiger partial charge in [-0.15, -0.1) is 11.3 Å². The second kappa shape index (κ2) is 7.56. The van der Waals surface area contributed by atoms with E-state index in [0.717, 1.165) is 16.3 Å². The molecular formula is C17H15Cl2N3O2S. The minimum atomic E-state index is -0.378. The lowest BCUT2D eigenvalue weighted by Crippen LogP contribution is -2.07. The van der Waals surface area contributed by atoms with Crippen molar-refractivity contribution in [2.75, 3.05) is 6.61 Å². The normalized spacial score (nSPS) is 12.2. The smallest absolute Gasteiger partial charge is 0.341 e. The Morgan fingerprint density at radius 2 is 2.16 bits per heavy atom. The maximum absolute atomic E-state index is 11.8. The average Bonchev–Trinajstić information content (AvgIpc) is 3.26. The van der Waals surface area contributed by atoms with Crippen LogP contribution in [0.4, 0.5) is 0 Å². The molecule has 0 aliphatic rings. The highest BCUT2D eigenvalue weighted by atomic mass is 35.5. The minimum absolute atomic E-state index is 0.107. The van der Waals surface area contributed by atoms with Gasteiger partial charge in [-0.05, 0) is 26.0 Å². The maximum atomic E-state index is 11.8. The van der Waals surface area contributed by atoms with Gasteiger partial charge >= 0.3 is 5.97 Å². The number of aromatic nitrogens is 3. The number of carbonyl (C=O) groups excluding carboxylic acids is 1. The molecule has 5 nitrogen and oxygen atoms in total. The summed E-state index contributed by atoms with van der Waals surface area (Å²) in [6.45, 7) is 4.07. The van der Waals surface area contributed by atoms with E-state index in [1.807, 2.05) is 18.4 Å². The molecule has 0 amide bonds. The molecule has 25 heavy (non-hydrogen) atoms. The quantitative estimate of drug-likeness (QED) is 0.563. The fraction of sp³-hybridized carbons (Fsp3) is 0.235. The van der Waals surface area contributed by atoms with Gasteiger partial charge < -0.3 is 4.74 Å². The summed E-state index contributed by atoms with van der Waals surface area (Å²) in [5.74, 6) is -0.378. The van der Waals surface area contributed by atoms with Crippen LogP contribution in [0.15, 0.2) is 36.0 Å². The van der Waals surface area contributed by atoms with Crippen LogP contribution in [-0.2, 0) is 4.74 Å². The SMILES string of the molecule is CCOC(=O)c1cnn(C(C)c2nc(-c3ccc(Cl)c(Cl)c3)cs2)c1. The summed E-state index contributed by atoms with van der Waals surface area (Å²) in [4.78, 5) is 16.4. The fourth-order valence-electron chi connectivity index (χ4n) is 2.25. The van der Waals surface area contributed by atoms with E-state index < -0.39 is 0 Å². The molecule has 1 aromatic carbocycles. The molecular weight excluding hydrogens is 381 g/mol. The first kappa shape index (κ1) is 17.9. The number of thiazole rings is 1. The monoisotopic (exact) mass is 395 g/mol. The number of halogens is 2. The fourth-order valence-corrected chi connectivity index (χ4v) is 3.43. The highest BCUT2D eigenvalue weighted by molar-refractivity contribution is 7.10. The third-order valence-corrected chi connectivity index (χ3v) is 5.36. The summed E-state index contributed by atoms with van der Waals surface area (Å²) < 4.78 is 6.68. The Balaban J connectivity index is 1.82. The molecule has 2 heterocycles. The summed E-state index contributed by atoms with van der Waals surface area (Å²) in [5, 5.41) is 8.09. The van der Waals surface area contributed by atoms with Crippen molar-refractivity contribution in [1.29, 1.82) is 0 Å². The number of carbonyl (C=O) groups is 1. The molecule has 0 aliphatic heterocycles. The lowest BCUT2D eigenvalue weighted by molar-refractivity contribution is 0.0526. The van der Waals surface area contributed by atoms with Crippen LogP contribution in [0.3, 0.4) is 0 Å². The van der Waals surface area contributed by atoms with Crippen LogP contribution < -0.4 is 0 Å². The third-order valence-electron chi connectivity index (χ3n) is 3.60. The van der Waals surface area contributed by atoms with Gasteiger partial charge in [0.05, 0.1) is 34.1 Å². The number of hydrogen-bond donors (Lipinski definition) is 0. The Bertz CT molecular complexity index is 907. The number of hydrogen-bond acceptors (Lipinski definition) is 5. The lowest BCUT2D eigenvalue weighted by Gasteiger charge is -2.08. The van der Waals surface area contributed by atoms with E-state index in [4.69, 9.17) is 27.9 Å². The molecule has 0 N–H and O–H groups in total. The van der Waals surface area contributed by atoms with Crippen molar-refractivity contribution >= 4 is 40.5 Å². The van der Waals surface area contributed by atoms with Crippen molar-refractivity contribution in [2.24, 2.45) is 0 Å². The van der Waals surface area contributed by atoms with Crippen molar-refractivity contribution in [1.82, 2.24) is 14.8 Å². The van der Waals surface area contributed by atoms with Crippen molar-refractivity contribution in [3.05, 3.63) is 56.6 Å². The molecule has 0 saturated heterocycles. The van der Waals surface area contributed by atoms with E-state index in [2.05, 4.69) is 10.1 Å². The second-order valence-corrected chi connectivity index (χ2v) is 7.01. The largest absolute Gasteiger partial charge is 0.462 e. The number of benzene rings is 1. The molecule has 0 radical (unpaired) electrons. The predicted octanol–water partition coefficient (Wildman–Crippen LogP) is 5.10. The van der Waals surface area contributed by atoms with Crippen LogP contribution in [0.1, 0.15) is 35.3 Å². The number of rotatable bonds is 5. The van der Waals surface area contributed by atoms with Gasteiger partial charge in [-0.2, -0.15) is 5.10 Å². The topological polar surface area (TPSA) is 57.0 Å². The highest BCUT2D eigenvalue weighted by Crippen LogP contribution is 2.31. The molecule has 0 spiro atoms. The summed E-state index contributed by atoms with van der Waals surface area (Å²) in [6, 6.07) is 5.32.